The molecule has 1 amide bonds. The van der Waals surface area contributed by atoms with Gasteiger partial charge in [0.15, 0.2) is 0 Å². The number of carbonyl (C=O) groups excluding carboxylic acids is 1. The van der Waals surface area contributed by atoms with Crippen molar-refractivity contribution in [1.29, 1.82) is 0 Å². The van der Waals surface area contributed by atoms with E-state index in [0.29, 0.717) is 51.4 Å². The highest BCUT2D eigenvalue weighted by Gasteiger charge is 2.26. The summed E-state index contributed by atoms with van der Waals surface area (Å²) in [4.78, 5) is 17.1. The number of methoxy groups -OCH3 is 1. The molecule has 0 unspecified atom stereocenters. The van der Waals surface area contributed by atoms with Crippen molar-refractivity contribution in [2.45, 2.75) is 25.6 Å². The van der Waals surface area contributed by atoms with Gasteiger partial charge in [-0.3, -0.25) is 9.69 Å². The minimum atomic E-state index is -0.431. The maximum absolute atomic E-state index is 13.1. The third-order valence-corrected chi connectivity index (χ3v) is 5.58. The standard InChI is InChI=1S/C25H34N2O4/c1-20-8-10-22(11-9-20)25(29)27(13-14-30-2)19-24-18-26(12-15-31-24)17-23(28)16-21-6-4-3-5-7-21/h3-11,23-24,28H,12-19H2,1-2H3/t23-,24+/m1/s1. The van der Waals surface area contributed by atoms with Gasteiger partial charge >= 0.3 is 0 Å². The Morgan fingerprint density at radius 2 is 1.97 bits per heavy atom. The van der Waals surface area contributed by atoms with E-state index in [2.05, 4.69) is 4.90 Å². The van der Waals surface area contributed by atoms with E-state index in [4.69, 9.17) is 9.47 Å². The highest BCUT2D eigenvalue weighted by atomic mass is 16.5. The Balaban J connectivity index is 1.56. The number of aryl methyl sites for hydroxylation is 1. The van der Waals surface area contributed by atoms with Gasteiger partial charge in [0.1, 0.15) is 0 Å². The Bertz CT molecular complexity index is 797. The molecular formula is C25H34N2O4. The highest BCUT2D eigenvalue weighted by molar-refractivity contribution is 5.94. The van der Waals surface area contributed by atoms with Gasteiger partial charge in [0.05, 0.1) is 25.4 Å². The molecule has 0 saturated carbocycles. The van der Waals surface area contributed by atoms with E-state index < -0.39 is 6.10 Å². The number of β-amino-alcohol motifs (C(OH)–C–C–N with tert-alkyl or cyclic N) is 1. The van der Waals surface area contributed by atoms with Gasteiger partial charge in [0, 0.05) is 45.4 Å². The molecule has 168 valence electrons. The molecule has 6 heteroatoms. The molecule has 1 N–H and O–H groups in total. The van der Waals surface area contributed by atoms with Crippen LogP contribution in [0.4, 0.5) is 0 Å². The minimum absolute atomic E-state index is 0.0121. The molecular weight excluding hydrogens is 392 g/mol. The first-order valence-corrected chi connectivity index (χ1v) is 11.0. The van der Waals surface area contributed by atoms with Crippen LogP contribution in [-0.4, -0.2) is 86.1 Å². The molecule has 6 nitrogen and oxygen atoms in total. The van der Waals surface area contributed by atoms with E-state index in [1.807, 2.05) is 66.4 Å². The molecule has 2 aromatic rings. The van der Waals surface area contributed by atoms with E-state index in [1.165, 1.54) is 0 Å². The Morgan fingerprint density at radius 3 is 2.68 bits per heavy atom. The molecule has 1 aliphatic heterocycles. The van der Waals surface area contributed by atoms with Crippen LogP contribution in [0.5, 0.6) is 0 Å². The summed E-state index contributed by atoms with van der Waals surface area (Å²) in [5.41, 5.74) is 2.93. The van der Waals surface area contributed by atoms with Crippen LogP contribution < -0.4 is 0 Å². The Hall–Kier alpha value is -2.25. The largest absolute Gasteiger partial charge is 0.391 e. The first kappa shape index (κ1) is 23.4. The molecule has 2 atom stereocenters. The summed E-state index contributed by atoms with van der Waals surface area (Å²) in [5, 5.41) is 10.5. The lowest BCUT2D eigenvalue weighted by Crippen LogP contribution is -2.51. The molecule has 0 spiro atoms. The number of hydrogen-bond acceptors (Lipinski definition) is 5. The number of aliphatic hydroxyl groups is 1. The SMILES string of the molecule is COCCN(C[C@@H]1CN(C[C@H](O)Cc2ccccc2)CCO1)C(=O)c1ccc(C)cc1. The lowest BCUT2D eigenvalue weighted by atomic mass is 10.1. The topological polar surface area (TPSA) is 62.2 Å². The van der Waals surface area contributed by atoms with Crippen LogP contribution in [0.1, 0.15) is 21.5 Å². The summed E-state index contributed by atoms with van der Waals surface area (Å²) in [5.74, 6) is -0.0121. The molecule has 1 heterocycles. The Morgan fingerprint density at radius 1 is 1.23 bits per heavy atom. The number of morpholine rings is 1. The average molecular weight is 427 g/mol. The van der Waals surface area contributed by atoms with Crippen molar-refractivity contribution in [3.05, 3.63) is 71.3 Å². The second kappa shape index (κ2) is 12.0. The quantitative estimate of drug-likeness (QED) is 0.632. The predicted octanol–water partition coefficient (Wildman–Crippen LogP) is 2.39. The average Bonchev–Trinajstić information content (AvgIpc) is 2.77. The van der Waals surface area contributed by atoms with Crippen LogP contribution in [0, 0.1) is 6.92 Å². The van der Waals surface area contributed by atoms with E-state index in [-0.39, 0.29) is 12.0 Å². The number of aliphatic hydroxyl groups excluding tert-OH is 1. The number of ether oxygens (including phenoxy) is 2. The van der Waals surface area contributed by atoms with E-state index >= 15 is 0 Å². The van der Waals surface area contributed by atoms with Gasteiger partial charge in [0.25, 0.3) is 5.91 Å². The zero-order chi connectivity index (χ0) is 22.1. The van der Waals surface area contributed by atoms with Crippen molar-refractivity contribution >= 4 is 5.91 Å². The zero-order valence-electron chi connectivity index (χ0n) is 18.6. The van der Waals surface area contributed by atoms with Gasteiger partial charge in [0.2, 0.25) is 0 Å². The molecule has 0 bridgehead atoms. The summed E-state index contributed by atoms with van der Waals surface area (Å²) in [7, 11) is 1.64. The molecule has 31 heavy (non-hydrogen) atoms. The van der Waals surface area contributed by atoms with Gasteiger partial charge in [-0.2, -0.15) is 0 Å². The molecule has 0 aliphatic carbocycles. The van der Waals surface area contributed by atoms with E-state index in [1.54, 1.807) is 7.11 Å². The molecule has 1 saturated heterocycles. The van der Waals surface area contributed by atoms with Crippen molar-refractivity contribution in [1.82, 2.24) is 9.80 Å². The first-order valence-electron chi connectivity index (χ1n) is 11.0. The van der Waals surface area contributed by atoms with E-state index in [9.17, 15) is 9.90 Å². The third-order valence-electron chi connectivity index (χ3n) is 5.58. The van der Waals surface area contributed by atoms with Gasteiger partial charge in [-0.05, 0) is 31.0 Å². The first-order chi connectivity index (χ1) is 15.0. The number of nitrogens with zero attached hydrogens (tertiary/aromatic N) is 2. The van der Waals surface area contributed by atoms with Crippen molar-refractivity contribution < 1.29 is 19.4 Å². The Kier molecular flexibility index (Phi) is 9.03. The second-order valence-electron chi connectivity index (χ2n) is 8.21. The maximum Gasteiger partial charge on any atom is 0.254 e. The fourth-order valence-electron chi connectivity index (χ4n) is 3.91. The van der Waals surface area contributed by atoms with Crippen molar-refractivity contribution in [3.8, 4) is 0 Å². The predicted molar refractivity (Wildman–Crippen MR) is 121 cm³/mol. The van der Waals surface area contributed by atoms with E-state index in [0.717, 1.165) is 17.7 Å². The fourth-order valence-corrected chi connectivity index (χ4v) is 3.91. The minimum Gasteiger partial charge on any atom is -0.391 e. The van der Waals surface area contributed by atoms with Gasteiger partial charge in [-0.15, -0.1) is 0 Å². The number of rotatable bonds is 10. The summed E-state index contributed by atoms with van der Waals surface area (Å²) in [6.07, 6.45) is 0.109. The van der Waals surface area contributed by atoms with Crippen molar-refractivity contribution in [3.63, 3.8) is 0 Å². The number of amides is 1. The molecule has 3 rings (SSSR count). The highest BCUT2D eigenvalue weighted by Crippen LogP contribution is 2.13. The van der Waals surface area contributed by atoms with Crippen molar-refractivity contribution in [2.24, 2.45) is 0 Å². The second-order valence-corrected chi connectivity index (χ2v) is 8.21. The number of carbonyl (C=O) groups is 1. The lowest BCUT2D eigenvalue weighted by Gasteiger charge is -2.36. The van der Waals surface area contributed by atoms with Crippen LogP contribution in [0.2, 0.25) is 0 Å². The summed E-state index contributed by atoms with van der Waals surface area (Å²) >= 11 is 0. The Labute approximate surface area is 185 Å². The smallest absolute Gasteiger partial charge is 0.254 e. The lowest BCUT2D eigenvalue weighted by molar-refractivity contribution is -0.0515. The van der Waals surface area contributed by atoms with Gasteiger partial charge in [-0.25, -0.2) is 0 Å². The normalized spacial score (nSPS) is 18.0. The van der Waals surface area contributed by atoms with Crippen LogP contribution in [0.3, 0.4) is 0 Å². The van der Waals surface area contributed by atoms with Crippen molar-refractivity contribution in [2.75, 3.05) is 53.0 Å². The number of hydrogen-bond donors (Lipinski definition) is 1. The van der Waals surface area contributed by atoms with Crippen LogP contribution in [-0.2, 0) is 15.9 Å². The number of benzene rings is 2. The molecule has 1 fully saturated rings. The van der Waals surface area contributed by atoms with Crippen LogP contribution in [0.15, 0.2) is 54.6 Å². The summed E-state index contributed by atoms with van der Waals surface area (Å²) < 4.78 is 11.2. The monoisotopic (exact) mass is 426 g/mol. The molecule has 0 aromatic heterocycles. The summed E-state index contributed by atoms with van der Waals surface area (Å²) in [6.45, 7) is 6.17. The van der Waals surface area contributed by atoms with Crippen LogP contribution >= 0.6 is 0 Å². The molecule has 2 aromatic carbocycles. The zero-order valence-corrected chi connectivity index (χ0v) is 18.6. The maximum atomic E-state index is 13.1. The van der Waals surface area contributed by atoms with Gasteiger partial charge in [-0.1, -0.05) is 48.0 Å². The summed E-state index contributed by atoms with van der Waals surface area (Å²) in [6, 6.07) is 17.7. The fraction of sp³-hybridized carbons (Fsp3) is 0.480. The van der Waals surface area contributed by atoms with Crippen LogP contribution in [0.25, 0.3) is 0 Å². The van der Waals surface area contributed by atoms with Gasteiger partial charge < -0.3 is 19.5 Å². The molecule has 1 aliphatic rings. The molecule has 0 radical (unpaired) electrons. The third kappa shape index (κ3) is 7.43.